The van der Waals surface area contributed by atoms with Crippen molar-refractivity contribution in [2.45, 2.75) is 52.2 Å². The molecule has 2 aliphatic rings. The zero-order valence-electron chi connectivity index (χ0n) is 17.0. The topological polar surface area (TPSA) is 75.1 Å². The van der Waals surface area contributed by atoms with Gasteiger partial charge in [-0.1, -0.05) is 12.1 Å². The fourth-order valence-corrected chi connectivity index (χ4v) is 3.51. The van der Waals surface area contributed by atoms with Crippen molar-refractivity contribution in [3.63, 3.8) is 0 Å². The standard InChI is InChI=1S/C21H33N3O3.HI/c1-3-22-20(24-12-21(13-25)14-26-15-21)23-11-17-9-8-16(2)10-19(17)27-18-6-4-5-7-18;/h8-10,18,25H,3-7,11-15H2,1-2H3,(H2,22,23,24);1H. The van der Waals surface area contributed by atoms with E-state index in [9.17, 15) is 5.11 Å². The number of guanidine groups is 1. The van der Waals surface area contributed by atoms with E-state index in [1.807, 2.05) is 6.92 Å². The largest absolute Gasteiger partial charge is 0.490 e. The van der Waals surface area contributed by atoms with Crippen LogP contribution < -0.4 is 15.4 Å². The maximum absolute atomic E-state index is 9.59. The van der Waals surface area contributed by atoms with Crippen molar-refractivity contribution in [1.29, 1.82) is 0 Å². The summed E-state index contributed by atoms with van der Waals surface area (Å²) < 4.78 is 11.5. The summed E-state index contributed by atoms with van der Waals surface area (Å²) in [7, 11) is 0. The third kappa shape index (κ3) is 6.22. The molecule has 3 rings (SSSR count). The summed E-state index contributed by atoms with van der Waals surface area (Å²) in [6, 6.07) is 6.34. The molecule has 0 amide bonds. The van der Waals surface area contributed by atoms with Crippen LogP contribution in [0.4, 0.5) is 0 Å². The summed E-state index contributed by atoms with van der Waals surface area (Å²) >= 11 is 0. The number of aryl methyl sites for hydroxylation is 1. The maximum atomic E-state index is 9.59. The summed E-state index contributed by atoms with van der Waals surface area (Å²) in [4.78, 5) is 4.74. The molecule has 3 N–H and O–H groups in total. The van der Waals surface area contributed by atoms with Crippen LogP contribution in [0, 0.1) is 12.3 Å². The van der Waals surface area contributed by atoms with Crippen LogP contribution in [-0.2, 0) is 11.3 Å². The van der Waals surface area contributed by atoms with Gasteiger partial charge in [-0.2, -0.15) is 0 Å². The molecule has 0 aromatic heterocycles. The van der Waals surface area contributed by atoms with Crippen LogP contribution >= 0.6 is 24.0 Å². The minimum Gasteiger partial charge on any atom is -0.490 e. The van der Waals surface area contributed by atoms with E-state index in [-0.39, 0.29) is 36.0 Å². The highest BCUT2D eigenvalue weighted by molar-refractivity contribution is 14.0. The predicted octanol–water partition coefficient (Wildman–Crippen LogP) is 3.00. The predicted molar refractivity (Wildman–Crippen MR) is 123 cm³/mol. The maximum Gasteiger partial charge on any atom is 0.191 e. The molecule has 1 aromatic rings. The van der Waals surface area contributed by atoms with E-state index in [1.54, 1.807) is 0 Å². The zero-order chi connectivity index (χ0) is 19.1. The van der Waals surface area contributed by atoms with Gasteiger partial charge in [0.15, 0.2) is 5.96 Å². The lowest BCUT2D eigenvalue weighted by atomic mass is 9.87. The second-order valence-corrected chi connectivity index (χ2v) is 7.84. The van der Waals surface area contributed by atoms with E-state index in [0.717, 1.165) is 36.7 Å². The highest BCUT2D eigenvalue weighted by atomic mass is 127. The van der Waals surface area contributed by atoms with Crippen molar-refractivity contribution in [3.05, 3.63) is 29.3 Å². The first kappa shape index (κ1) is 23.2. The molecule has 1 aliphatic heterocycles. The number of rotatable bonds is 8. The lowest BCUT2D eigenvalue weighted by Gasteiger charge is -2.40. The van der Waals surface area contributed by atoms with Gasteiger partial charge in [0, 0.05) is 18.7 Å². The van der Waals surface area contributed by atoms with Crippen molar-refractivity contribution in [1.82, 2.24) is 10.6 Å². The van der Waals surface area contributed by atoms with Gasteiger partial charge in [-0.15, -0.1) is 24.0 Å². The SMILES string of the molecule is CCNC(=NCc1ccc(C)cc1OC1CCCC1)NCC1(CO)COC1.I. The van der Waals surface area contributed by atoms with Crippen LogP contribution in [0.3, 0.4) is 0 Å². The van der Waals surface area contributed by atoms with Gasteiger partial charge in [0.05, 0.1) is 37.9 Å². The zero-order valence-corrected chi connectivity index (χ0v) is 19.3. The molecule has 0 spiro atoms. The Balaban J connectivity index is 0.00000280. The monoisotopic (exact) mass is 503 g/mol. The lowest BCUT2D eigenvalue weighted by Crippen LogP contribution is -2.54. The first-order valence-corrected chi connectivity index (χ1v) is 10.1. The number of aliphatic hydroxyl groups excluding tert-OH is 1. The summed E-state index contributed by atoms with van der Waals surface area (Å²) in [5, 5.41) is 16.2. The molecular formula is C21H34IN3O3. The number of hydrogen-bond acceptors (Lipinski definition) is 4. The Morgan fingerprint density at radius 1 is 1.29 bits per heavy atom. The molecular weight excluding hydrogens is 469 g/mol. The fourth-order valence-electron chi connectivity index (χ4n) is 3.51. The molecule has 158 valence electrons. The third-order valence-corrected chi connectivity index (χ3v) is 5.35. The Morgan fingerprint density at radius 3 is 2.64 bits per heavy atom. The van der Waals surface area contributed by atoms with E-state index in [4.69, 9.17) is 14.5 Å². The number of nitrogens with zero attached hydrogens (tertiary/aromatic N) is 1. The van der Waals surface area contributed by atoms with Crippen molar-refractivity contribution >= 4 is 29.9 Å². The molecule has 7 heteroatoms. The van der Waals surface area contributed by atoms with Crippen LogP contribution in [0.25, 0.3) is 0 Å². The van der Waals surface area contributed by atoms with Crippen LogP contribution in [0.15, 0.2) is 23.2 Å². The molecule has 0 unspecified atom stereocenters. The molecule has 28 heavy (non-hydrogen) atoms. The van der Waals surface area contributed by atoms with Crippen LogP contribution in [0.5, 0.6) is 5.75 Å². The Morgan fingerprint density at radius 2 is 2.04 bits per heavy atom. The Kier molecular flexibility index (Phi) is 9.30. The molecule has 2 fully saturated rings. The molecule has 1 saturated carbocycles. The van der Waals surface area contributed by atoms with E-state index < -0.39 is 0 Å². The second kappa shape index (κ2) is 11.2. The number of aliphatic imine (C=N–C) groups is 1. The van der Waals surface area contributed by atoms with Crippen molar-refractivity contribution < 1.29 is 14.6 Å². The Bertz CT molecular complexity index is 638. The van der Waals surface area contributed by atoms with Gasteiger partial charge in [-0.25, -0.2) is 4.99 Å². The van der Waals surface area contributed by atoms with E-state index in [2.05, 4.69) is 35.8 Å². The third-order valence-electron chi connectivity index (χ3n) is 5.35. The van der Waals surface area contributed by atoms with E-state index in [1.165, 1.54) is 18.4 Å². The van der Waals surface area contributed by atoms with E-state index in [0.29, 0.717) is 32.4 Å². The molecule has 0 bridgehead atoms. The van der Waals surface area contributed by atoms with Gasteiger partial charge >= 0.3 is 0 Å². The minimum absolute atomic E-state index is 0. The number of benzene rings is 1. The van der Waals surface area contributed by atoms with Gasteiger partial charge in [-0.3, -0.25) is 0 Å². The quantitative estimate of drug-likeness (QED) is 0.289. The van der Waals surface area contributed by atoms with Crippen molar-refractivity contribution in [3.8, 4) is 5.75 Å². The van der Waals surface area contributed by atoms with Crippen LogP contribution in [0.1, 0.15) is 43.7 Å². The molecule has 1 aromatic carbocycles. The van der Waals surface area contributed by atoms with E-state index >= 15 is 0 Å². The Hall–Kier alpha value is -1.06. The van der Waals surface area contributed by atoms with Crippen molar-refractivity contribution in [2.75, 3.05) is 32.9 Å². The summed E-state index contributed by atoms with van der Waals surface area (Å²) in [5.74, 6) is 1.71. The molecule has 1 saturated heterocycles. The highest BCUT2D eigenvalue weighted by Crippen LogP contribution is 2.28. The highest BCUT2D eigenvalue weighted by Gasteiger charge is 2.38. The van der Waals surface area contributed by atoms with Gasteiger partial charge in [0.2, 0.25) is 0 Å². The molecule has 6 nitrogen and oxygen atoms in total. The van der Waals surface area contributed by atoms with Crippen LogP contribution in [0.2, 0.25) is 0 Å². The molecule has 0 radical (unpaired) electrons. The number of aliphatic hydroxyl groups is 1. The van der Waals surface area contributed by atoms with Gasteiger partial charge in [0.25, 0.3) is 0 Å². The number of nitrogens with one attached hydrogen (secondary N) is 2. The van der Waals surface area contributed by atoms with Crippen molar-refractivity contribution in [2.24, 2.45) is 10.4 Å². The average Bonchev–Trinajstić information content (AvgIpc) is 3.13. The number of halogens is 1. The first-order valence-electron chi connectivity index (χ1n) is 10.1. The molecule has 1 heterocycles. The molecule has 1 aliphatic carbocycles. The average molecular weight is 503 g/mol. The first-order chi connectivity index (χ1) is 13.1. The number of hydrogen-bond donors (Lipinski definition) is 3. The summed E-state index contributed by atoms with van der Waals surface area (Å²) in [5.41, 5.74) is 2.13. The number of ether oxygens (including phenoxy) is 2. The summed E-state index contributed by atoms with van der Waals surface area (Å²) in [6.07, 6.45) is 5.14. The second-order valence-electron chi connectivity index (χ2n) is 7.84. The lowest BCUT2D eigenvalue weighted by molar-refractivity contribution is -0.132. The fraction of sp³-hybridized carbons (Fsp3) is 0.667. The minimum atomic E-state index is -0.184. The van der Waals surface area contributed by atoms with Gasteiger partial charge < -0.3 is 25.2 Å². The Labute approximate surface area is 185 Å². The summed E-state index contributed by atoms with van der Waals surface area (Å²) in [6.45, 7) is 7.43. The van der Waals surface area contributed by atoms with Gasteiger partial charge in [-0.05, 0) is 51.2 Å². The smallest absolute Gasteiger partial charge is 0.191 e. The van der Waals surface area contributed by atoms with Crippen LogP contribution in [-0.4, -0.2) is 50.1 Å². The normalized spacial score (nSPS) is 18.9. The molecule has 0 atom stereocenters. The van der Waals surface area contributed by atoms with Gasteiger partial charge in [0.1, 0.15) is 5.75 Å².